The van der Waals surface area contributed by atoms with Crippen molar-refractivity contribution in [1.82, 2.24) is 5.43 Å². The number of hydrogen-bond donors (Lipinski definition) is 2. The smallest absolute Gasteiger partial charge is 0.122 e. The molecule has 0 amide bonds. The second-order valence-electron chi connectivity index (χ2n) is 5.00. The molecule has 1 saturated heterocycles. The number of nitrogens with two attached hydrogens (primary N) is 1. The highest BCUT2D eigenvalue weighted by molar-refractivity contribution is 6.30. The normalized spacial score (nSPS) is 24.4. The van der Waals surface area contributed by atoms with Crippen molar-refractivity contribution in [3.8, 4) is 5.75 Å². The Balaban J connectivity index is 2.11. The monoisotopic (exact) mass is 284 g/mol. The van der Waals surface area contributed by atoms with Crippen molar-refractivity contribution in [3.63, 3.8) is 0 Å². The molecule has 19 heavy (non-hydrogen) atoms. The second kappa shape index (κ2) is 6.57. The van der Waals surface area contributed by atoms with Crippen LogP contribution in [0.25, 0.3) is 0 Å². The Labute approximate surface area is 119 Å². The van der Waals surface area contributed by atoms with Gasteiger partial charge in [-0.05, 0) is 49.9 Å². The van der Waals surface area contributed by atoms with Crippen molar-refractivity contribution < 1.29 is 9.47 Å². The van der Waals surface area contributed by atoms with Crippen molar-refractivity contribution in [2.75, 3.05) is 7.11 Å². The van der Waals surface area contributed by atoms with E-state index < -0.39 is 0 Å². The minimum Gasteiger partial charge on any atom is -0.496 e. The highest BCUT2D eigenvalue weighted by Gasteiger charge is 2.29. The van der Waals surface area contributed by atoms with Crippen molar-refractivity contribution in [1.29, 1.82) is 0 Å². The molecule has 1 aromatic carbocycles. The van der Waals surface area contributed by atoms with Gasteiger partial charge in [0.05, 0.1) is 25.4 Å². The Bertz CT molecular complexity index is 428. The third-order valence-electron chi connectivity index (χ3n) is 3.61. The Kier molecular flexibility index (Phi) is 5.05. The van der Waals surface area contributed by atoms with Gasteiger partial charge in [-0.15, -0.1) is 0 Å². The first-order valence-corrected chi connectivity index (χ1v) is 6.96. The number of benzene rings is 1. The Morgan fingerprint density at radius 1 is 1.53 bits per heavy atom. The van der Waals surface area contributed by atoms with Crippen LogP contribution in [0.1, 0.15) is 25.3 Å². The van der Waals surface area contributed by atoms with E-state index in [4.69, 9.17) is 26.9 Å². The van der Waals surface area contributed by atoms with E-state index in [2.05, 4.69) is 12.3 Å². The maximum Gasteiger partial charge on any atom is 0.122 e. The Morgan fingerprint density at radius 3 is 2.89 bits per heavy atom. The van der Waals surface area contributed by atoms with Crippen LogP contribution in [-0.4, -0.2) is 25.4 Å². The van der Waals surface area contributed by atoms with E-state index in [1.807, 2.05) is 18.2 Å². The average molecular weight is 285 g/mol. The molecule has 0 saturated carbocycles. The molecule has 0 aliphatic carbocycles. The number of rotatable bonds is 5. The van der Waals surface area contributed by atoms with E-state index in [1.54, 1.807) is 7.11 Å². The highest BCUT2D eigenvalue weighted by atomic mass is 35.5. The fraction of sp³-hybridized carbons (Fsp3) is 0.571. The maximum absolute atomic E-state index is 6.04. The summed E-state index contributed by atoms with van der Waals surface area (Å²) in [6.45, 7) is 2.09. The molecule has 1 aliphatic rings. The molecule has 1 aromatic rings. The fourth-order valence-corrected chi connectivity index (χ4v) is 2.77. The van der Waals surface area contributed by atoms with Gasteiger partial charge in [0.1, 0.15) is 5.75 Å². The zero-order valence-corrected chi connectivity index (χ0v) is 12.1. The van der Waals surface area contributed by atoms with Gasteiger partial charge in [-0.1, -0.05) is 11.6 Å². The topological polar surface area (TPSA) is 56.5 Å². The van der Waals surface area contributed by atoms with Gasteiger partial charge in [-0.25, -0.2) is 0 Å². The van der Waals surface area contributed by atoms with Crippen LogP contribution >= 0.6 is 11.6 Å². The summed E-state index contributed by atoms with van der Waals surface area (Å²) in [7, 11) is 1.66. The van der Waals surface area contributed by atoms with Crippen LogP contribution in [0.5, 0.6) is 5.75 Å². The SMILES string of the molecule is COc1ccc(Cl)cc1CC(NN)C1CCC(C)O1. The quantitative estimate of drug-likeness (QED) is 0.643. The maximum atomic E-state index is 6.04. The van der Waals surface area contributed by atoms with E-state index in [0.717, 1.165) is 30.6 Å². The summed E-state index contributed by atoms with van der Waals surface area (Å²) in [4.78, 5) is 0. The summed E-state index contributed by atoms with van der Waals surface area (Å²) in [5.74, 6) is 6.50. The first-order valence-electron chi connectivity index (χ1n) is 6.58. The lowest BCUT2D eigenvalue weighted by atomic mass is 9.99. The molecule has 0 spiro atoms. The lowest BCUT2D eigenvalue weighted by molar-refractivity contribution is 0.0319. The summed E-state index contributed by atoms with van der Waals surface area (Å²) in [5, 5.41) is 0.701. The van der Waals surface area contributed by atoms with E-state index >= 15 is 0 Å². The summed E-state index contributed by atoms with van der Waals surface area (Å²) < 4.78 is 11.2. The van der Waals surface area contributed by atoms with Gasteiger partial charge in [0.15, 0.2) is 0 Å². The van der Waals surface area contributed by atoms with Crippen molar-refractivity contribution >= 4 is 11.6 Å². The molecule has 0 aromatic heterocycles. The summed E-state index contributed by atoms with van der Waals surface area (Å²) in [5.41, 5.74) is 3.90. The third-order valence-corrected chi connectivity index (χ3v) is 3.85. The molecule has 5 heteroatoms. The molecule has 3 atom stereocenters. The van der Waals surface area contributed by atoms with Crippen LogP contribution in [0.3, 0.4) is 0 Å². The van der Waals surface area contributed by atoms with Crippen LogP contribution in [0, 0.1) is 0 Å². The van der Waals surface area contributed by atoms with Crippen LogP contribution in [0.4, 0.5) is 0 Å². The molecular weight excluding hydrogens is 264 g/mol. The number of hydrazine groups is 1. The van der Waals surface area contributed by atoms with Crippen LogP contribution in [-0.2, 0) is 11.2 Å². The lowest BCUT2D eigenvalue weighted by Crippen LogP contribution is -2.45. The van der Waals surface area contributed by atoms with E-state index in [1.165, 1.54) is 0 Å². The van der Waals surface area contributed by atoms with Crippen molar-refractivity contribution in [2.45, 2.75) is 44.4 Å². The summed E-state index contributed by atoms with van der Waals surface area (Å²) in [6, 6.07) is 5.69. The third kappa shape index (κ3) is 3.60. The number of methoxy groups -OCH3 is 1. The highest BCUT2D eigenvalue weighted by Crippen LogP contribution is 2.28. The van der Waals surface area contributed by atoms with E-state index in [-0.39, 0.29) is 12.1 Å². The van der Waals surface area contributed by atoms with Crippen LogP contribution in [0.2, 0.25) is 5.02 Å². The Hall–Kier alpha value is -0.810. The largest absolute Gasteiger partial charge is 0.496 e. The first kappa shape index (κ1) is 14.6. The standard InChI is InChI=1S/C14H21ClN2O2/c1-9-3-5-14(19-9)12(17-16)8-10-7-11(15)4-6-13(10)18-2/h4,6-7,9,12,14,17H,3,5,8,16H2,1-2H3. The predicted octanol–water partition coefficient (Wildman–Crippen LogP) is 2.29. The molecule has 1 heterocycles. The molecule has 2 rings (SSSR count). The molecule has 106 valence electrons. The van der Waals surface area contributed by atoms with Gasteiger partial charge in [0.2, 0.25) is 0 Å². The minimum atomic E-state index is 0.0670. The van der Waals surface area contributed by atoms with Gasteiger partial charge < -0.3 is 9.47 Å². The van der Waals surface area contributed by atoms with Gasteiger partial charge in [0, 0.05) is 5.02 Å². The summed E-state index contributed by atoms with van der Waals surface area (Å²) >= 11 is 6.04. The van der Waals surface area contributed by atoms with Gasteiger partial charge in [-0.3, -0.25) is 11.3 Å². The molecule has 3 unspecified atom stereocenters. The minimum absolute atomic E-state index is 0.0670. The number of ether oxygens (including phenoxy) is 2. The molecule has 0 bridgehead atoms. The van der Waals surface area contributed by atoms with Crippen LogP contribution < -0.4 is 16.0 Å². The van der Waals surface area contributed by atoms with Crippen LogP contribution in [0.15, 0.2) is 18.2 Å². The van der Waals surface area contributed by atoms with Gasteiger partial charge in [0.25, 0.3) is 0 Å². The average Bonchev–Trinajstić information content (AvgIpc) is 2.82. The Morgan fingerprint density at radius 2 is 2.32 bits per heavy atom. The fourth-order valence-electron chi connectivity index (χ4n) is 2.57. The van der Waals surface area contributed by atoms with Crippen molar-refractivity contribution in [3.05, 3.63) is 28.8 Å². The lowest BCUT2D eigenvalue weighted by Gasteiger charge is -2.23. The molecule has 1 aliphatic heterocycles. The molecule has 4 nitrogen and oxygen atoms in total. The van der Waals surface area contributed by atoms with Gasteiger partial charge in [-0.2, -0.15) is 0 Å². The summed E-state index contributed by atoms with van der Waals surface area (Å²) in [6.07, 6.45) is 3.29. The zero-order valence-electron chi connectivity index (χ0n) is 11.4. The molecule has 0 radical (unpaired) electrons. The predicted molar refractivity (Wildman–Crippen MR) is 76.4 cm³/mol. The molecule has 3 N–H and O–H groups in total. The van der Waals surface area contributed by atoms with Crippen molar-refractivity contribution in [2.24, 2.45) is 5.84 Å². The number of hydrogen-bond acceptors (Lipinski definition) is 4. The van der Waals surface area contributed by atoms with E-state index in [0.29, 0.717) is 11.1 Å². The first-order chi connectivity index (χ1) is 9.13. The second-order valence-corrected chi connectivity index (χ2v) is 5.43. The molecule has 1 fully saturated rings. The number of halogens is 1. The van der Waals surface area contributed by atoms with E-state index in [9.17, 15) is 0 Å². The van der Waals surface area contributed by atoms with Gasteiger partial charge >= 0.3 is 0 Å². The zero-order chi connectivity index (χ0) is 13.8. The molecular formula is C14H21ClN2O2. The number of nitrogens with one attached hydrogen (secondary N) is 1.